The van der Waals surface area contributed by atoms with Crippen LogP contribution in [0.5, 0.6) is 0 Å². The first-order valence-corrected chi connectivity index (χ1v) is 12.0. The molecule has 4 aromatic heterocycles. The van der Waals surface area contributed by atoms with Crippen LogP contribution in [0, 0.1) is 0 Å². The number of nitrogens with one attached hydrogen (secondary N) is 2. The van der Waals surface area contributed by atoms with Gasteiger partial charge in [-0.1, -0.05) is 25.8 Å². The van der Waals surface area contributed by atoms with Crippen LogP contribution in [-0.4, -0.2) is 51.5 Å². The summed E-state index contributed by atoms with van der Waals surface area (Å²) in [5.41, 5.74) is 2.59. The molecule has 0 radical (unpaired) electrons. The number of aromatic nitrogens is 7. The highest BCUT2D eigenvalue weighted by atomic mass is 16.3. The summed E-state index contributed by atoms with van der Waals surface area (Å²) in [6.07, 6.45) is 12.3. The van der Waals surface area contributed by atoms with E-state index in [0.29, 0.717) is 24.4 Å². The Bertz CT molecular complexity index is 1210. The lowest BCUT2D eigenvalue weighted by molar-refractivity contribution is 0.169. The van der Waals surface area contributed by atoms with E-state index in [4.69, 9.17) is 9.97 Å². The SMILES string of the molecule is CCC(Nc1nc(NCc2ccc(-n3cccn3)nc2)c2ncn(C3CCCC3)c2n1)C(C)O. The van der Waals surface area contributed by atoms with Crippen molar-refractivity contribution in [3.05, 3.63) is 48.7 Å². The Kier molecular flexibility index (Phi) is 6.39. The summed E-state index contributed by atoms with van der Waals surface area (Å²) in [7, 11) is 0. The molecule has 4 heterocycles. The molecule has 5 rings (SSSR count). The Hall–Kier alpha value is -3.53. The minimum absolute atomic E-state index is 0.132. The van der Waals surface area contributed by atoms with Gasteiger partial charge in [-0.05, 0) is 43.9 Å². The van der Waals surface area contributed by atoms with Gasteiger partial charge in [-0.3, -0.25) is 0 Å². The molecule has 10 nitrogen and oxygen atoms in total. The van der Waals surface area contributed by atoms with Gasteiger partial charge >= 0.3 is 0 Å². The van der Waals surface area contributed by atoms with Crippen molar-refractivity contribution in [2.45, 2.75) is 70.7 Å². The molecule has 0 saturated heterocycles. The highest BCUT2D eigenvalue weighted by Crippen LogP contribution is 2.33. The maximum Gasteiger partial charge on any atom is 0.227 e. The Balaban J connectivity index is 1.42. The summed E-state index contributed by atoms with van der Waals surface area (Å²) in [4.78, 5) is 18.7. The van der Waals surface area contributed by atoms with Gasteiger partial charge in [-0.2, -0.15) is 15.1 Å². The lowest BCUT2D eigenvalue weighted by Crippen LogP contribution is -2.31. The van der Waals surface area contributed by atoms with Gasteiger partial charge in [0.05, 0.1) is 18.5 Å². The van der Waals surface area contributed by atoms with Crippen molar-refractivity contribution in [1.82, 2.24) is 34.3 Å². The third-order valence-electron chi connectivity index (χ3n) is 6.48. The fourth-order valence-electron chi connectivity index (χ4n) is 4.53. The Morgan fingerprint density at radius 3 is 2.71 bits per heavy atom. The van der Waals surface area contributed by atoms with Gasteiger partial charge in [0, 0.05) is 31.2 Å². The summed E-state index contributed by atoms with van der Waals surface area (Å²) < 4.78 is 3.91. The van der Waals surface area contributed by atoms with Gasteiger partial charge in [0.2, 0.25) is 5.95 Å². The molecule has 0 aliphatic heterocycles. The third kappa shape index (κ3) is 4.58. The molecule has 0 bridgehead atoms. The summed E-state index contributed by atoms with van der Waals surface area (Å²) in [5.74, 6) is 1.93. The average Bonchev–Trinajstić information content (AvgIpc) is 3.62. The largest absolute Gasteiger partial charge is 0.391 e. The maximum absolute atomic E-state index is 10.1. The number of fused-ring (bicyclic) bond motifs is 1. The molecule has 1 aliphatic carbocycles. The van der Waals surface area contributed by atoms with Gasteiger partial charge < -0.3 is 20.3 Å². The standard InChI is InChI=1S/C24H31N9O/c1-3-19(16(2)34)29-24-30-22(21-23(31-24)32(15-27-21)18-7-4-5-8-18)26-14-17-9-10-20(25-13-17)33-12-6-11-28-33/h6,9-13,15-16,18-19,34H,3-5,7-8,14H2,1-2H3,(H2,26,29,30,31). The second-order valence-electron chi connectivity index (χ2n) is 8.89. The summed E-state index contributed by atoms with van der Waals surface area (Å²) in [6.45, 7) is 4.36. The average molecular weight is 462 g/mol. The third-order valence-corrected chi connectivity index (χ3v) is 6.48. The van der Waals surface area contributed by atoms with E-state index in [-0.39, 0.29) is 6.04 Å². The van der Waals surface area contributed by atoms with Gasteiger partial charge in [0.1, 0.15) is 0 Å². The van der Waals surface area contributed by atoms with Crippen molar-refractivity contribution in [3.8, 4) is 5.82 Å². The fraction of sp³-hybridized carbons (Fsp3) is 0.458. The minimum atomic E-state index is -0.514. The molecular formula is C24H31N9O. The summed E-state index contributed by atoms with van der Waals surface area (Å²) in [6, 6.07) is 6.11. The zero-order chi connectivity index (χ0) is 23.5. The van der Waals surface area contributed by atoms with Gasteiger partial charge in [0.15, 0.2) is 22.8 Å². The van der Waals surface area contributed by atoms with Crippen LogP contribution in [0.4, 0.5) is 11.8 Å². The number of aliphatic hydroxyl groups excluding tert-OH is 1. The van der Waals surface area contributed by atoms with Gasteiger partial charge in [-0.15, -0.1) is 0 Å². The molecule has 2 unspecified atom stereocenters. The molecule has 0 amide bonds. The van der Waals surface area contributed by atoms with E-state index in [1.165, 1.54) is 12.8 Å². The highest BCUT2D eigenvalue weighted by Gasteiger charge is 2.23. The monoisotopic (exact) mass is 461 g/mol. The highest BCUT2D eigenvalue weighted by molar-refractivity contribution is 5.84. The zero-order valence-electron chi connectivity index (χ0n) is 19.6. The van der Waals surface area contributed by atoms with Crippen molar-refractivity contribution in [2.75, 3.05) is 10.6 Å². The number of pyridine rings is 1. The van der Waals surface area contributed by atoms with Gasteiger partial charge in [0.25, 0.3) is 0 Å². The van der Waals surface area contributed by atoms with E-state index in [1.54, 1.807) is 17.8 Å². The molecule has 3 N–H and O–H groups in total. The lowest BCUT2D eigenvalue weighted by atomic mass is 10.1. The van der Waals surface area contributed by atoms with Crippen LogP contribution in [0.2, 0.25) is 0 Å². The van der Waals surface area contributed by atoms with Crippen molar-refractivity contribution in [1.29, 1.82) is 0 Å². The number of hydrogen-bond donors (Lipinski definition) is 3. The number of aliphatic hydroxyl groups is 1. The van der Waals surface area contributed by atoms with Crippen molar-refractivity contribution in [2.24, 2.45) is 0 Å². The first kappa shape index (κ1) is 22.3. The van der Waals surface area contributed by atoms with E-state index < -0.39 is 6.10 Å². The number of anilines is 2. The summed E-state index contributed by atoms with van der Waals surface area (Å²) in [5, 5.41) is 21.1. The van der Waals surface area contributed by atoms with E-state index in [0.717, 1.165) is 41.8 Å². The molecule has 0 spiro atoms. The van der Waals surface area contributed by atoms with Crippen molar-refractivity contribution < 1.29 is 5.11 Å². The fourth-order valence-corrected chi connectivity index (χ4v) is 4.53. The molecule has 4 aromatic rings. The lowest BCUT2D eigenvalue weighted by Gasteiger charge is -2.20. The van der Waals surface area contributed by atoms with Crippen LogP contribution in [0.15, 0.2) is 43.1 Å². The second-order valence-corrected chi connectivity index (χ2v) is 8.89. The van der Waals surface area contributed by atoms with Crippen LogP contribution in [0.25, 0.3) is 17.0 Å². The van der Waals surface area contributed by atoms with Crippen LogP contribution < -0.4 is 10.6 Å². The van der Waals surface area contributed by atoms with Crippen LogP contribution >= 0.6 is 0 Å². The second kappa shape index (κ2) is 9.76. The molecule has 1 saturated carbocycles. The van der Waals surface area contributed by atoms with Crippen LogP contribution in [0.1, 0.15) is 57.6 Å². The number of hydrogen-bond acceptors (Lipinski definition) is 8. The van der Waals surface area contributed by atoms with E-state index in [2.05, 4.69) is 30.3 Å². The molecule has 10 heteroatoms. The maximum atomic E-state index is 10.1. The predicted molar refractivity (Wildman–Crippen MR) is 131 cm³/mol. The number of nitrogens with zero attached hydrogens (tertiary/aromatic N) is 7. The first-order chi connectivity index (χ1) is 16.6. The number of imidazole rings is 1. The predicted octanol–water partition coefficient (Wildman–Crippen LogP) is 3.71. The minimum Gasteiger partial charge on any atom is -0.391 e. The van der Waals surface area contributed by atoms with Crippen LogP contribution in [0.3, 0.4) is 0 Å². The molecular weight excluding hydrogens is 430 g/mol. The number of rotatable bonds is 9. The molecule has 178 valence electrons. The smallest absolute Gasteiger partial charge is 0.227 e. The Labute approximate surface area is 198 Å². The quantitative estimate of drug-likeness (QED) is 0.345. The molecule has 1 fully saturated rings. The van der Waals surface area contributed by atoms with E-state index >= 15 is 0 Å². The molecule has 34 heavy (non-hydrogen) atoms. The Morgan fingerprint density at radius 2 is 2.03 bits per heavy atom. The van der Waals surface area contributed by atoms with Crippen molar-refractivity contribution >= 4 is 22.9 Å². The van der Waals surface area contributed by atoms with Crippen molar-refractivity contribution in [3.63, 3.8) is 0 Å². The first-order valence-electron chi connectivity index (χ1n) is 12.0. The summed E-state index contributed by atoms with van der Waals surface area (Å²) >= 11 is 0. The molecule has 2 atom stereocenters. The molecule has 0 aromatic carbocycles. The normalized spacial score (nSPS) is 16.1. The zero-order valence-corrected chi connectivity index (χ0v) is 19.6. The van der Waals surface area contributed by atoms with Gasteiger partial charge in [-0.25, -0.2) is 14.6 Å². The van der Waals surface area contributed by atoms with Crippen LogP contribution in [-0.2, 0) is 6.54 Å². The Morgan fingerprint density at radius 1 is 1.18 bits per heavy atom. The van der Waals surface area contributed by atoms with E-state index in [1.807, 2.05) is 43.8 Å². The van der Waals surface area contributed by atoms with E-state index in [9.17, 15) is 5.11 Å². The molecule has 1 aliphatic rings. The topological polar surface area (TPSA) is 119 Å².